The van der Waals surface area contributed by atoms with Crippen LogP contribution in [0.1, 0.15) is 24.4 Å². The van der Waals surface area contributed by atoms with E-state index in [-0.39, 0.29) is 12.5 Å². The van der Waals surface area contributed by atoms with Crippen molar-refractivity contribution < 1.29 is 14.7 Å². The molecule has 110 valence electrons. The number of hydrogen-bond donors (Lipinski definition) is 3. The smallest absolute Gasteiger partial charge is 0.321 e. The van der Waals surface area contributed by atoms with Gasteiger partial charge in [0.15, 0.2) is 5.13 Å². The molecule has 0 fully saturated rings. The van der Waals surface area contributed by atoms with E-state index in [9.17, 15) is 9.59 Å². The Labute approximate surface area is 125 Å². The second-order valence-corrected chi connectivity index (χ2v) is 5.23. The highest BCUT2D eigenvalue weighted by Crippen LogP contribution is 2.19. The monoisotopic (exact) mass is 305 g/mol. The van der Waals surface area contributed by atoms with Crippen LogP contribution < -0.4 is 10.6 Å². The van der Waals surface area contributed by atoms with Crippen LogP contribution in [0.25, 0.3) is 0 Å². The molecule has 0 saturated carbocycles. The molecule has 0 radical (unpaired) electrons. The van der Waals surface area contributed by atoms with Gasteiger partial charge in [-0.3, -0.25) is 10.1 Å². The summed E-state index contributed by atoms with van der Waals surface area (Å²) in [6, 6.07) is 8.53. The van der Waals surface area contributed by atoms with Gasteiger partial charge in [-0.2, -0.15) is 0 Å². The van der Waals surface area contributed by atoms with Gasteiger partial charge >= 0.3 is 12.0 Å². The molecular weight excluding hydrogens is 290 g/mol. The van der Waals surface area contributed by atoms with E-state index in [1.165, 1.54) is 11.3 Å². The number of anilines is 1. The molecule has 1 heterocycles. The Hall–Kier alpha value is -2.41. The standard InChI is InChI=1S/C14H15N3O3S/c18-12(19)7-6-11(10-4-2-1-3-5-10)16-13(20)17-14-15-8-9-21-14/h1-5,8-9,11H,6-7H2,(H,18,19)(H2,15,16,17,20). The lowest BCUT2D eigenvalue weighted by molar-refractivity contribution is -0.137. The van der Waals surface area contributed by atoms with Crippen LogP contribution in [0.5, 0.6) is 0 Å². The summed E-state index contributed by atoms with van der Waals surface area (Å²) in [4.78, 5) is 26.6. The largest absolute Gasteiger partial charge is 0.481 e. The number of nitrogens with one attached hydrogen (secondary N) is 2. The number of aromatic nitrogens is 1. The summed E-state index contributed by atoms with van der Waals surface area (Å²) in [6.07, 6.45) is 1.90. The van der Waals surface area contributed by atoms with Gasteiger partial charge in [0, 0.05) is 18.0 Å². The number of carbonyl (C=O) groups is 2. The molecule has 1 unspecified atom stereocenters. The van der Waals surface area contributed by atoms with Crippen LogP contribution >= 0.6 is 11.3 Å². The average molecular weight is 305 g/mol. The number of hydrogen-bond acceptors (Lipinski definition) is 4. The molecule has 0 aliphatic carbocycles. The lowest BCUT2D eigenvalue weighted by Gasteiger charge is -2.18. The SMILES string of the molecule is O=C(O)CCC(NC(=O)Nc1nccs1)c1ccccc1. The van der Waals surface area contributed by atoms with Gasteiger partial charge in [-0.1, -0.05) is 30.3 Å². The van der Waals surface area contributed by atoms with Crippen LogP contribution in [-0.4, -0.2) is 22.1 Å². The summed E-state index contributed by atoms with van der Waals surface area (Å²) < 4.78 is 0. The third-order valence-electron chi connectivity index (χ3n) is 2.81. The Kier molecular flexibility index (Phi) is 5.28. The summed E-state index contributed by atoms with van der Waals surface area (Å²) in [5.74, 6) is -0.891. The minimum Gasteiger partial charge on any atom is -0.481 e. The number of urea groups is 1. The molecule has 3 N–H and O–H groups in total. The number of thiazole rings is 1. The van der Waals surface area contributed by atoms with E-state index >= 15 is 0 Å². The maximum absolute atomic E-state index is 11.9. The van der Waals surface area contributed by atoms with Gasteiger partial charge < -0.3 is 10.4 Å². The van der Waals surface area contributed by atoms with Gasteiger partial charge in [0.25, 0.3) is 0 Å². The molecule has 7 heteroatoms. The highest BCUT2D eigenvalue weighted by molar-refractivity contribution is 7.13. The molecule has 2 aromatic rings. The fourth-order valence-corrected chi connectivity index (χ4v) is 2.38. The van der Waals surface area contributed by atoms with E-state index in [0.717, 1.165) is 5.56 Å². The van der Waals surface area contributed by atoms with Crippen molar-refractivity contribution in [2.75, 3.05) is 5.32 Å². The molecule has 1 aromatic carbocycles. The summed E-state index contributed by atoms with van der Waals surface area (Å²) in [5.41, 5.74) is 0.869. The van der Waals surface area contributed by atoms with Crippen molar-refractivity contribution in [3.63, 3.8) is 0 Å². The number of carboxylic acid groups (broad SMARTS) is 1. The summed E-state index contributed by atoms with van der Waals surface area (Å²) >= 11 is 1.32. The molecule has 6 nitrogen and oxygen atoms in total. The molecule has 2 amide bonds. The Morgan fingerprint density at radius 3 is 2.67 bits per heavy atom. The number of carbonyl (C=O) groups excluding carboxylic acids is 1. The van der Waals surface area contributed by atoms with Gasteiger partial charge in [-0.05, 0) is 12.0 Å². The van der Waals surface area contributed by atoms with Gasteiger partial charge in [-0.15, -0.1) is 11.3 Å². The Balaban J connectivity index is 2.01. The molecule has 21 heavy (non-hydrogen) atoms. The second-order valence-electron chi connectivity index (χ2n) is 4.33. The Morgan fingerprint density at radius 2 is 2.05 bits per heavy atom. The van der Waals surface area contributed by atoms with Crippen molar-refractivity contribution in [1.82, 2.24) is 10.3 Å². The Morgan fingerprint density at radius 1 is 1.29 bits per heavy atom. The van der Waals surface area contributed by atoms with Gasteiger partial charge in [0.1, 0.15) is 0 Å². The maximum atomic E-state index is 11.9. The van der Waals surface area contributed by atoms with Crippen molar-refractivity contribution in [2.45, 2.75) is 18.9 Å². The number of rotatable bonds is 6. The highest BCUT2D eigenvalue weighted by Gasteiger charge is 2.16. The predicted molar refractivity (Wildman–Crippen MR) is 80.3 cm³/mol. The van der Waals surface area contributed by atoms with E-state index in [4.69, 9.17) is 5.11 Å². The van der Waals surface area contributed by atoms with E-state index in [1.807, 2.05) is 30.3 Å². The van der Waals surface area contributed by atoms with Crippen LogP contribution in [-0.2, 0) is 4.79 Å². The molecule has 1 aromatic heterocycles. The Bertz CT molecular complexity index is 587. The van der Waals surface area contributed by atoms with Crippen LogP contribution in [0.4, 0.5) is 9.93 Å². The van der Waals surface area contributed by atoms with E-state index < -0.39 is 12.0 Å². The number of benzene rings is 1. The van der Waals surface area contributed by atoms with Crippen LogP contribution in [0.3, 0.4) is 0 Å². The topological polar surface area (TPSA) is 91.3 Å². The first kappa shape index (κ1) is 15.0. The zero-order valence-electron chi connectivity index (χ0n) is 11.2. The third kappa shape index (κ3) is 4.88. The van der Waals surface area contributed by atoms with E-state index in [0.29, 0.717) is 11.6 Å². The first-order valence-corrected chi connectivity index (χ1v) is 7.27. The lowest BCUT2D eigenvalue weighted by Crippen LogP contribution is -2.32. The summed E-state index contributed by atoms with van der Waals surface area (Å²) in [7, 11) is 0. The first-order chi connectivity index (χ1) is 10.1. The van der Waals surface area contributed by atoms with Crippen LogP contribution in [0.2, 0.25) is 0 Å². The second kappa shape index (κ2) is 7.39. The molecule has 0 aliphatic rings. The van der Waals surface area contributed by atoms with E-state index in [2.05, 4.69) is 15.6 Å². The summed E-state index contributed by atoms with van der Waals surface area (Å²) in [5, 5.41) is 16.5. The molecule has 0 saturated heterocycles. The molecule has 0 bridgehead atoms. The fourth-order valence-electron chi connectivity index (χ4n) is 1.85. The number of carboxylic acids is 1. The van der Waals surface area contributed by atoms with Gasteiger partial charge in [0.05, 0.1) is 6.04 Å². The molecule has 1 atom stereocenters. The normalized spacial score (nSPS) is 11.6. The lowest BCUT2D eigenvalue weighted by atomic mass is 10.0. The first-order valence-electron chi connectivity index (χ1n) is 6.39. The fraction of sp³-hybridized carbons (Fsp3) is 0.214. The van der Waals surface area contributed by atoms with Crippen molar-refractivity contribution in [1.29, 1.82) is 0 Å². The quantitative estimate of drug-likeness (QED) is 0.765. The highest BCUT2D eigenvalue weighted by atomic mass is 32.1. The van der Waals surface area contributed by atoms with Crippen molar-refractivity contribution >= 4 is 28.5 Å². The summed E-state index contributed by atoms with van der Waals surface area (Å²) in [6.45, 7) is 0. The van der Waals surface area contributed by atoms with Gasteiger partial charge in [-0.25, -0.2) is 9.78 Å². The molecular formula is C14H15N3O3S. The number of amides is 2. The van der Waals surface area contributed by atoms with Crippen LogP contribution in [0.15, 0.2) is 41.9 Å². The molecule has 0 aliphatic heterocycles. The number of aliphatic carboxylic acids is 1. The predicted octanol–water partition coefficient (Wildman–Crippen LogP) is 2.87. The van der Waals surface area contributed by atoms with Gasteiger partial charge in [0.2, 0.25) is 0 Å². The van der Waals surface area contributed by atoms with Crippen molar-refractivity contribution in [3.05, 3.63) is 47.5 Å². The number of nitrogens with zero attached hydrogens (tertiary/aromatic N) is 1. The van der Waals surface area contributed by atoms with Crippen molar-refractivity contribution in [2.24, 2.45) is 0 Å². The minimum absolute atomic E-state index is 0.0168. The average Bonchev–Trinajstić information content (AvgIpc) is 2.97. The minimum atomic E-state index is -0.891. The zero-order valence-corrected chi connectivity index (χ0v) is 12.0. The molecule has 2 rings (SSSR count). The van der Waals surface area contributed by atoms with E-state index in [1.54, 1.807) is 11.6 Å². The van der Waals surface area contributed by atoms with Crippen LogP contribution in [0, 0.1) is 0 Å². The van der Waals surface area contributed by atoms with Crippen molar-refractivity contribution in [3.8, 4) is 0 Å². The third-order valence-corrected chi connectivity index (χ3v) is 3.50. The molecule has 0 spiro atoms. The zero-order chi connectivity index (χ0) is 15.1. The maximum Gasteiger partial charge on any atom is 0.321 e.